The molecule has 78 valence electrons. The molecule has 2 aliphatic rings. The molecular weight excluding hydrogens is 247 g/mol. The fraction of sp³-hybridized carbons (Fsp3) is 0.429. The van der Waals surface area contributed by atoms with Crippen LogP contribution in [0.3, 0.4) is 0 Å². The minimum absolute atomic E-state index is 0.761. The van der Waals surface area contributed by atoms with Crippen LogP contribution in [0, 0.1) is 0 Å². The first-order chi connectivity index (χ1) is 7.43. The summed E-state index contributed by atoms with van der Waals surface area (Å²) in [4.78, 5) is 0.863. The minimum atomic E-state index is 0.761. The van der Waals surface area contributed by atoms with Gasteiger partial charge in [0, 0.05) is 0 Å². The molecular formula is C14H16Se. The third kappa shape index (κ3) is 1.91. The maximum absolute atomic E-state index is 2.31. The number of allylic oxidation sites excluding steroid dienone is 2. The van der Waals surface area contributed by atoms with Gasteiger partial charge in [0.05, 0.1) is 0 Å². The molecule has 0 aromatic heterocycles. The van der Waals surface area contributed by atoms with E-state index in [1.54, 1.807) is 5.56 Å². The Morgan fingerprint density at radius 1 is 1.00 bits per heavy atom. The van der Waals surface area contributed by atoms with Gasteiger partial charge in [-0.1, -0.05) is 0 Å². The average Bonchev–Trinajstić information content (AvgIpc) is 2.74. The van der Waals surface area contributed by atoms with Crippen LogP contribution in [0.2, 0.25) is 0 Å². The van der Waals surface area contributed by atoms with E-state index in [9.17, 15) is 0 Å². The van der Waals surface area contributed by atoms with Crippen LogP contribution in [0.4, 0.5) is 0 Å². The summed E-state index contributed by atoms with van der Waals surface area (Å²) in [6.45, 7) is 0. The van der Waals surface area contributed by atoms with E-state index in [4.69, 9.17) is 0 Å². The van der Waals surface area contributed by atoms with Crippen LogP contribution in [0.1, 0.15) is 42.5 Å². The van der Waals surface area contributed by atoms with E-state index in [2.05, 4.69) is 30.3 Å². The van der Waals surface area contributed by atoms with Crippen molar-refractivity contribution in [2.24, 2.45) is 0 Å². The summed E-state index contributed by atoms with van der Waals surface area (Å²) in [5.74, 6) is 0. The molecule has 1 aliphatic heterocycles. The Kier molecular flexibility index (Phi) is 2.68. The standard InChI is InChI=1S/C14H16Se/c1-2-6-11(7-3-1)14-10-12-8-4-5-9-13(12)15-14/h1-3,6-7,14H,4-5,8-10H2. The first kappa shape index (κ1) is 9.69. The molecule has 3 rings (SSSR count). The third-order valence-electron chi connectivity index (χ3n) is 3.41. The summed E-state index contributed by atoms with van der Waals surface area (Å²) in [6.07, 6.45) is 7.08. The van der Waals surface area contributed by atoms with Crippen LogP contribution >= 0.6 is 0 Å². The Bertz CT molecular complexity index is 360. The van der Waals surface area contributed by atoms with Gasteiger partial charge < -0.3 is 0 Å². The van der Waals surface area contributed by atoms with Crippen LogP contribution in [-0.2, 0) is 0 Å². The van der Waals surface area contributed by atoms with Gasteiger partial charge in [0.25, 0.3) is 0 Å². The zero-order chi connectivity index (χ0) is 10.1. The Hall–Kier alpha value is -0.521. The van der Waals surface area contributed by atoms with E-state index >= 15 is 0 Å². The molecule has 0 saturated heterocycles. The maximum atomic E-state index is 2.31. The Morgan fingerprint density at radius 3 is 2.60 bits per heavy atom. The quantitative estimate of drug-likeness (QED) is 0.678. The van der Waals surface area contributed by atoms with E-state index in [0.29, 0.717) is 0 Å². The molecule has 0 spiro atoms. The number of rotatable bonds is 1. The summed E-state index contributed by atoms with van der Waals surface area (Å²) in [6, 6.07) is 11.1. The van der Waals surface area contributed by atoms with E-state index < -0.39 is 0 Å². The first-order valence-corrected chi connectivity index (χ1v) is 7.70. The van der Waals surface area contributed by atoms with Gasteiger partial charge in [-0.2, -0.15) is 0 Å². The number of benzene rings is 1. The molecule has 1 heterocycles. The van der Waals surface area contributed by atoms with Gasteiger partial charge in [-0.3, -0.25) is 0 Å². The predicted molar refractivity (Wildman–Crippen MR) is 65.0 cm³/mol. The summed E-state index contributed by atoms with van der Waals surface area (Å²) in [5.41, 5.74) is 3.40. The molecule has 1 unspecified atom stereocenters. The van der Waals surface area contributed by atoms with Gasteiger partial charge in [-0.15, -0.1) is 0 Å². The van der Waals surface area contributed by atoms with E-state index in [1.807, 2.05) is 10.0 Å². The Balaban J connectivity index is 1.79. The normalized spacial score (nSPS) is 25.5. The van der Waals surface area contributed by atoms with Gasteiger partial charge in [0.15, 0.2) is 0 Å². The zero-order valence-electron chi connectivity index (χ0n) is 8.91. The average molecular weight is 263 g/mol. The van der Waals surface area contributed by atoms with Crippen molar-refractivity contribution >= 4 is 15.0 Å². The molecule has 15 heavy (non-hydrogen) atoms. The number of hydrogen-bond donors (Lipinski definition) is 0. The van der Waals surface area contributed by atoms with Crippen LogP contribution in [-0.4, -0.2) is 15.0 Å². The first-order valence-electron chi connectivity index (χ1n) is 5.86. The predicted octanol–water partition coefficient (Wildman–Crippen LogP) is 3.66. The van der Waals surface area contributed by atoms with Gasteiger partial charge in [-0.05, 0) is 0 Å². The molecule has 1 aliphatic carbocycles. The van der Waals surface area contributed by atoms with Crippen LogP contribution in [0.25, 0.3) is 0 Å². The second kappa shape index (κ2) is 4.15. The molecule has 0 N–H and O–H groups in total. The summed E-state index contributed by atoms with van der Waals surface area (Å²) < 4.78 is 1.86. The molecule has 0 amide bonds. The Labute approximate surface area is 97.9 Å². The van der Waals surface area contributed by atoms with Crippen molar-refractivity contribution < 1.29 is 0 Å². The van der Waals surface area contributed by atoms with Crippen molar-refractivity contribution in [1.82, 2.24) is 0 Å². The third-order valence-corrected chi connectivity index (χ3v) is 6.56. The van der Waals surface area contributed by atoms with Crippen molar-refractivity contribution in [3.8, 4) is 0 Å². The molecule has 0 fully saturated rings. The number of hydrogen-bond acceptors (Lipinski definition) is 0. The van der Waals surface area contributed by atoms with E-state index in [-0.39, 0.29) is 0 Å². The zero-order valence-corrected chi connectivity index (χ0v) is 10.6. The molecule has 1 aromatic carbocycles. The fourth-order valence-corrected chi connectivity index (χ4v) is 5.81. The van der Waals surface area contributed by atoms with Crippen LogP contribution in [0.15, 0.2) is 40.4 Å². The summed E-state index contributed by atoms with van der Waals surface area (Å²) in [5, 5.41) is 0. The SMILES string of the molecule is c1ccc(C2CC3=C(CCCC3)[Se]2)cc1. The van der Waals surface area contributed by atoms with Crippen molar-refractivity contribution in [1.29, 1.82) is 0 Å². The molecule has 1 heteroatoms. The van der Waals surface area contributed by atoms with Crippen molar-refractivity contribution in [2.45, 2.75) is 36.9 Å². The molecule has 1 atom stereocenters. The molecule has 0 saturated carbocycles. The fourth-order valence-electron chi connectivity index (χ4n) is 2.59. The molecule has 0 radical (unpaired) electrons. The van der Waals surface area contributed by atoms with Gasteiger partial charge in [-0.25, -0.2) is 0 Å². The van der Waals surface area contributed by atoms with Crippen molar-refractivity contribution in [3.63, 3.8) is 0 Å². The summed E-state index contributed by atoms with van der Waals surface area (Å²) in [7, 11) is 0. The second-order valence-electron chi connectivity index (χ2n) is 4.46. The molecule has 0 nitrogen and oxygen atoms in total. The Morgan fingerprint density at radius 2 is 1.80 bits per heavy atom. The molecule has 1 aromatic rings. The van der Waals surface area contributed by atoms with Gasteiger partial charge in [0.2, 0.25) is 0 Å². The molecule has 0 bridgehead atoms. The van der Waals surface area contributed by atoms with E-state index in [1.165, 1.54) is 32.1 Å². The van der Waals surface area contributed by atoms with Crippen molar-refractivity contribution in [3.05, 3.63) is 45.9 Å². The van der Waals surface area contributed by atoms with Gasteiger partial charge >= 0.3 is 97.8 Å². The van der Waals surface area contributed by atoms with Crippen molar-refractivity contribution in [2.75, 3.05) is 0 Å². The van der Waals surface area contributed by atoms with Crippen LogP contribution in [0.5, 0.6) is 0 Å². The van der Waals surface area contributed by atoms with Gasteiger partial charge in [0.1, 0.15) is 0 Å². The second-order valence-corrected chi connectivity index (χ2v) is 7.18. The van der Waals surface area contributed by atoms with E-state index in [0.717, 1.165) is 19.8 Å². The van der Waals surface area contributed by atoms with Crippen LogP contribution < -0.4 is 0 Å². The monoisotopic (exact) mass is 264 g/mol. The summed E-state index contributed by atoms with van der Waals surface area (Å²) >= 11 is 0.761. The topological polar surface area (TPSA) is 0 Å².